The fourth-order valence-electron chi connectivity index (χ4n) is 1.82. The molecule has 2 aromatic rings. The average molecular weight is 233 g/mol. The molecule has 4 heteroatoms. The molecule has 0 saturated heterocycles. The highest BCUT2D eigenvalue weighted by Crippen LogP contribution is 2.22. The number of benzene rings is 1. The minimum Gasteiger partial charge on any atom is -0.497 e. The molecule has 17 heavy (non-hydrogen) atoms. The predicted molar refractivity (Wildman–Crippen MR) is 69.5 cm³/mol. The Bertz CT molecular complexity index is 492. The van der Waals surface area contributed by atoms with Crippen molar-refractivity contribution in [2.75, 3.05) is 27.2 Å². The fraction of sp³-hybridized carbons (Fsp3) is 0.462. The predicted octanol–water partition coefficient (Wildman–Crippen LogP) is 2.07. The van der Waals surface area contributed by atoms with Crippen molar-refractivity contribution in [2.45, 2.75) is 13.3 Å². The Balaban J connectivity index is 2.22. The number of aromatic nitrogens is 2. The number of fused-ring (bicyclic) bond motifs is 1. The molecule has 1 aromatic heterocycles. The number of nitrogens with one attached hydrogen (secondary N) is 1. The first-order chi connectivity index (χ1) is 8.24. The molecule has 0 amide bonds. The van der Waals surface area contributed by atoms with E-state index in [1.165, 1.54) is 0 Å². The van der Waals surface area contributed by atoms with Crippen molar-refractivity contribution < 1.29 is 4.74 Å². The zero-order valence-electron chi connectivity index (χ0n) is 10.7. The first-order valence-corrected chi connectivity index (χ1v) is 5.94. The summed E-state index contributed by atoms with van der Waals surface area (Å²) < 4.78 is 5.24. The number of likely N-dealkylation sites (N-methyl/N-ethyl adjacent to an activating group) is 1. The van der Waals surface area contributed by atoms with Gasteiger partial charge in [-0.2, -0.15) is 5.10 Å². The number of methoxy groups -OCH3 is 1. The lowest BCUT2D eigenvalue weighted by Crippen LogP contribution is -2.20. The average Bonchev–Trinajstić information content (AvgIpc) is 2.78. The molecule has 0 saturated carbocycles. The maximum atomic E-state index is 5.24. The summed E-state index contributed by atoms with van der Waals surface area (Å²) in [7, 11) is 3.81. The van der Waals surface area contributed by atoms with Crippen LogP contribution in [-0.2, 0) is 6.42 Å². The van der Waals surface area contributed by atoms with Gasteiger partial charge in [0.25, 0.3) is 0 Å². The topological polar surface area (TPSA) is 41.2 Å². The molecule has 4 nitrogen and oxygen atoms in total. The lowest BCUT2D eigenvalue weighted by Gasteiger charge is -2.12. The van der Waals surface area contributed by atoms with Crippen LogP contribution in [-0.4, -0.2) is 42.3 Å². The Morgan fingerprint density at radius 2 is 2.24 bits per heavy atom. The van der Waals surface area contributed by atoms with Gasteiger partial charge < -0.3 is 9.64 Å². The molecule has 0 unspecified atom stereocenters. The van der Waals surface area contributed by atoms with Gasteiger partial charge in [0.05, 0.1) is 18.3 Å². The molecule has 0 aliphatic rings. The van der Waals surface area contributed by atoms with Crippen LogP contribution >= 0.6 is 0 Å². The highest BCUT2D eigenvalue weighted by molar-refractivity contribution is 5.82. The molecule has 1 N–H and O–H groups in total. The van der Waals surface area contributed by atoms with Gasteiger partial charge in [-0.1, -0.05) is 6.92 Å². The van der Waals surface area contributed by atoms with Gasteiger partial charge in [0.2, 0.25) is 0 Å². The molecule has 0 spiro atoms. The zero-order valence-corrected chi connectivity index (χ0v) is 10.7. The summed E-state index contributed by atoms with van der Waals surface area (Å²) in [6, 6.07) is 6.00. The molecule has 1 aromatic carbocycles. The summed E-state index contributed by atoms with van der Waals surface area (Å²) in [6.45, 7) is 4.24. The van der Waals surface area contributed by atoms with Gasteiger partial charge in [-0.05, 0) is 31.8 Å². The zero-order chi connectivity index (χ0) is 12.3. The van der Waals surface area contributed by atoms with E-state index in [1.54, 1.807) is 7.11 Å². The maximum absolute atomic E-state index is 5.24. The third-order valence-corrected chi connectivity index (χ3v) is 3.12. The molecule has 0 radical (unpaired) electrons. The summed E-state index contributed by atoms with van der Waals surface area (Å²) in [4.78, 5) is 2.28. The standard InChI is InChI=1S/C13H19N3O/c1-4-16(2)8-7-13-11-9-10(17-3)5-6-12(11)14-15-13/h5-6,9H,4,7-8H2,1-3H3,(H,14,15). The third kappa shape index (κ3) is 2.58. The first-order valence-electron chi connectivity index (χ1n) is 5.94. The molecule has 0 aliphatic carbocycles. The Labute approximate surface area is 102 Å². The van der Waals surface area contributed by atoms with Crippen LogP contribution in [0.5, 0.6) is 5.75 Å². The minimum absolute atomic E-state index is 0.879. The lowest BCUT2D eigenvalue weighted by molar-refractivity contribution is 0.356. The number of H-pyrrole nitrogens is 1. The number of hydrogen-bond acceptors (Lipinski definition) is 3. The second kappa shape index (κ2) is 5.19. The Kier molecular flexibility index (Phi) is 3.64. The second-order valence-corrected chi connectivity index (χ2v) is 4.23. The summed E-state index contributed by atoms with van der Waals surface area (Å²) in [6.07, 6.45) is 0.956. The summed E-state index contributed by atoms with van der Waals surface area (Å²) >= 11 is 0. The molecule has 0 aliphatic heterocycles. The van der Waals surface area contributed by atoms with Gasteiger partial charge in [-0.25, -0.2) is 0 Å². The molecule has 1 heterocycles. The largest absolute Gasteiger partial charge is 0.497 e. The monoisotopic (exact) mass is 233 g/mol. The second-order valence-electron chi connectivity index (χ2n) is 4.23. The highest BCUT2D eigenvalue weighted by Gasteiger charge is 2.07. The van der Waals surface area contributed by atoms with Crippen molar-refractivity contribution in [3.05, 3.63) is 23.9 Å². The summed E-state index contributed by atoms with van der Waals surface area (Å²) in [5, 5.41) is 8.59. The van der Waals surface area contributed by atoms with E-state index in [-0.39, 0.29) is 0 Å². The molecular formula is C13H19N3O. The van der Waals surface area contributed by atoms with E-state index >= 15 is 0 Å². The number of aromatic amines is 1. The Hall–Kier alpha value is -1.55. The van der Waals surface area contributed by atoms with Gasteiger partial charge in [-0.15, -0.1) is 0 Å². The minimum atomic E-state index is 0.879. The van der Waals surface area contributed by atoms with E-state index < -0.39 is 0 Å². The molecular weight excluding hydrogens is 214 g/mol. The van der Waals surface area contributed by atoms with Crippen molar-refractivity contribution in [3.63, 3.8) is 0 Å². The molecule has 0 fully saturated rings. The van der Waals surface area contributed by atoms with Crippen LogP contribution in [0, 0.1) is 0 Å². The Morgan fingerprint density at radius 3 is 2.94 bits per heavy atom. The van der Waals surface area contributed by atoms with Crippen LogP contribution in [0.15, 0.2) is 18.2 Å². The van der Waals surface area contributed by atoms with Crippen molar-refractivity contribution in [2.24, 2.45) is 0 Å². The quantitative estimate of drug-likeness (QED) is 0.859. The van der Waals surface area contributed by atoms with Crippen LogP contribution in [0.1, 0.15) is 12.6 Å². The van der Waals surface area contributed by atoms with Crippen molar-refractivity contribution >= 4 is 10.9 Å². The molecule has 0 atom stereocenters. The van der Waals surface area contributed by atoms with Crippen LogP contribution in [0.4, 0.5) is 0 Å². The number of rotatable bonds is 5. The normalized spacial score (nSPS) is 11.3. The number of nitrogens with zero attached hydrogens (tertiary/aromatic N) is 2. The summed E-state index contributed by atoms with van der Waals surface area (Å²) in [5.74, 6) is 0.879. The maximum Gasteiger partial charge on any atom is 0.119 e. The summed E-state index contributed by atoms with van der Waals surface area (Å²) in [5.41, 5.74) is 2.18. The lowest BCUT2D eigenvalue weighted by atomic mass is 10.1. The van der Waals surface area contributed by atoms with E-state index in [0.29, 0.717) is 0 Å². The van der Waals surface area contributed by atoms with Gasteiger partial charge in [0, 0.05) is 18.4 Å². The van der Waals surface area contributed by atoms with Crippen LogP contribution in [0.3, 0.4) is 0 Å². The molecule has 0 bridgehead atoms. The van der Waals surface area contributed by atoms with Crippen LogP contribution in [0.2, 0.25) is 0 Å². The van der Waals surface area contributed by atoms with Crippen LogP contribution in [0.25, 0.3) is 10.9 Å². The SMILES string of the molecule is CCN(C)CCc1n[nH]c2ccc(OC)cc12. The third-order valence-electron chi connectivity index (χ3n) is 3.12. The first kappa shape index (κ1) is 11.9. The van der Waals surface area contributed by atoms with E-state index in [1.807, 2.05) is 18.2 Å². The van der Waals surface area contributed by atoms with E-state index in [4.69, 9.17) is 4.74 Å². The van der Waals surface area contributed by atoms with Crippen molar-refractivity contribution in [1.29, 1.82) is 0 Å². The Morgan fingerprint density at radius 1 is 1.41 bits per heavy atom. The van der Waals surface area contributed by atoms with Gasteiger partial charge in [0.1, 0.15) is 5.75 Å². The molecule has 92 valence electrons. The van der Waals surface area contributed by atoms with Crippen molar-refractivity contribution in [3.8, 4) is 5.75 Å². The van der Waals surface area contributed by atoms with Crippen molar-refractivity contribution in [1.82, 2.24) is 15.1 Å². The number of hydrogen-bond donors (Lipinski definition) is 1. The smallest absolute Gasteiger partial charge is 0.119 e. The highest BCUT2D eigenvalue weighted by atomic mass is 16.5. The number of ether oxygens (including phenoxy) is 1. The van der Waals surface area contributed by atoms with E-state index in [2.05, 4.69) is 29.1 Å². The van der Waals surface area contributed by atoms with Gasteiger partial charge in [-0.3, -0.25) is 5.10 Å². The van der Waals surface area contributed by atoms with Crippen LogP contribution < -0.4 is 4.74 Å². The van der Waals surface area contributed by atoms with Gasteiger partial charge >= 0.3 is 0 Å². The van der Waals surface area contributed by atoms with Gasteiger partial charge in [0.15, 0.2) is 0 Å². The van der Waals surface area contributed by atoms with E-state index in [9.17, 15) is 0 Å². The fourth-order valence-corrected chi connectivity index (χ4v) is 1.82. The molecule has 2 rings (SSSR count). The van der Waals surface area contributed by atoms with E-state index in [0.717, 1.165) is 41.9 Å².